The molecule has 0 saturated heterocycles. The lowest BCUT2D eigenvalue weighted by atomic mass is 10.4. The first-order chi connectivity index (χ1) is 7.92. The number of amides is 1. The van der Waals surface area contributed by atoms with Gasteiger partial charge in [-0.25, -0.2) is 5.84 Å². The first-order valence-corrected chi connectivity index (χ1v) is 5.48. The first-order valence-electron chi connectivity index (χ1n) is 4.66. The number of nitrogens with one attached hydrogen (secondary N) is 1. The van der Waals surface area contributed by atoms with Gasteiger partial charge in [0.2, 0.25) is 0 Å². The fourth-order valence-corrected chi connectivity index (χ4v) is 1.86. The Morgan fingerprint density at radius 3 is 2.76 bits per heavy atom. The summed E-state index contributed by atoms with van der Waals surface area (Å²) in [5, 5.41) is 0. The van der Waals surface area contributed by atoms with Crippen molar-refractivity contribution in [3.63, 3.8) is 0 Å². The maximum Gasteiger partial charge on any atom is 0.391 e. The van der Waals surface area contributed by atoms with E-state index in [0.717, 1.165) is 11.3 Å². The van der Waals surface area contributed by atoms with E-state index in [1.807, 2.05) is 5.43 Å². The summed E-state index contributed by atoms with van der Waals surface area (Å²) in [6.07, 6.45) is -5.19. The Kier molecular flexibility index (Phi) is 4.91. The predicted molar refractivity (Wildman–Crippen MR) is 56.3 cm³/mol. The number of carbonyl (C=O) groups excluding carboxylic acids is 1. The number of thiophene rings is 1. The molecule has 0 aliphatic carbocycles. The molecule has 3 N–H and O–H groups in total. The number of hydrogen-bond donors (Lipinski definition) is 2. The molecule has 4 nitrogen and oxygen atoms in total. The predicted octanol–water partition coefficient (Wildman–Crippen LogP) is 1.82. The van der Waals surface area contributed by atoms with Crippen molar-refractivity contribution in [2.24, 2.45) is 5.84 Å². The van der Waals surface area contributed by atoms with E-state index in [1.54, 1.807) is 6.07 Å². The van der Waals surface area contributed by atoms with Gasteiger partial charge in [-0.05, 0) is 12.1 Å². The summed E-state index contributed by atoms with van der Waals surface area (Å²) in [7, 11) is 0. The van der Waals surface area contributed by atoms with Crippen molar-refractivity contribution >= 4 is 17.2 Å². The quantitative estimate of drug-likeness (QED) is 0.370. The monoisotopic (exact) mass is 268 g/mol. The minimum absolute atomic E-state index is 0.0542. The van der Waals surface area contributed by atoms with E-state index in [0.29, 0.717) is 9.75 Å². The van der Waals surface area contributed by atoms with Crippen molar-refractivity contribution in [1.29, 1.82) is 0 Å². The summed E-state index contributed by atoms with van der Waals surface area (Å²) in [6.45, 7) is -0.335. The van der Waals surface area contributed by atoms with Gasteiger partial charge in [-0.1, -0.05) is 0 Å². The van der Waals surface area contributed by atoms with Gasteiger partial charge in [-0.15, -0.1) is 11.3 Å². The van der Waals surface area contributed by atoms with E-state index in [-0.39, 0.29) is 13.2 Å². The molecular formula is C9H11F3N2O2S. The molecule has 1 aromatic heterocycles. The summed E-state index contributed by atoms with van der Waals surface area (Å²) in [4.78, 5) is 12.1. The van der Waals surface area contributed by atoms with Crippen LogP contribution < -0.4 is 11.3 Å². The molecule has 0 aliphatic rings. The Morgan fingerprint density at radius 2 is 2.18 bits per heavy atom. The molecule has 0 saturated carbocycles. The third-order valence-corrected chi connectivity index (χ3v) is 2.85. The number of carbonyl (C=O) groups is 1. The van der Waals surface area contributed by atoms with Gasteiger partial charge in [0.05, 0.1) is 24.5 Å². The van der Waals surface area contributed by atoms with E-state index in [9.17, 15) is 18.0 Å². The lowest BCUT2D eigenvalue weighted by Gasteiger charge is -2.05. The molecule has 8 heteroatoms. The summed E-state index contributed by atoms with van der Waals surface area (Å²) < 4.78 is 40.2. The second-order valence-electron chi connectivity index (χ2n) is 3.16. The third-order valence-electron chi connectivity index (χ3n) is 1.79. The summed E-state index contributed by atoms with van der Waals surface area (Å²) in [6, 6.07) is 3.15. The highest BCUT2D eigenvalue weighted by atomic mass is 32.1. The van der Waals surface area contributed by atoms with E-state index < -0.39 is 18.5 Å². The number of rotatable bonds is 5. The maximum absolute atomic E-state index is 11.8. The zero-order chi connectivity index (χ0) is 12.9. The molecule has 1 rings (SSSR count). The van der Waals surface area contributed by atoms with Gasteiger partial charge in [0.15, 0.2) is 0 Å². The Morgan fingerprint density at radius 1 is 1.47 bits per heavy atom. The highest BCUT2D eigenvalue weighted by Gasteiger charge is 2.26. The largest absolute Gasteiger partial charge is 0.391 e. The smallest absolute Gasteiger partial charge is 0.376 e. The van der Waals surface area contributed by atoms with Crippen molar-refractivity contribution in [1.82, 2.24) is 5.43 Å². The van der Waals surface area contributed by atoms with Crippen LogP contribution >= 0.6 is 11.3 Å². The van der Waals surface area contributed by atoms with Gasteiger partial charge in [-0.3, -0.25) is 10.2 Å². The molecule has 0 aromatic carbocycles. The molecule has 0 bridgehead atoms. The van der Waals surface area contributed by atoms with Crippen molar-refractivity contribution in [3.05, 3.63) is 21.9 Å². The minimum atomic E-state index is -4.21. The molecule has 1 aromatic rings. The van der Waals surface area contributed by atoms with Crippen LogP contribution in [0.25, 0.3) is 0 Å². The number of halogens is 3. The van der Waals surface area contributed by atoms with Crippen molar-refractivity contribution in [2.45, 2.75) is 19.2 Å². The molecule has 1 amide bonds. The standard InChI is InChI=1S/C9H11F3N2O2S/c10-9(11,12)3-4-16-5-6-1-2-7(17-6)8(15)14-13/h1-2H,3-5,13H2,(H,14,15). The summed E-state index contributed by atoms with van der Waals surface area (Å²) in [5.74, 6) is 4.50. The van der Waals surface area contributed by atoms with Crippen LogP contribution in [0.2, 0.25) is 0 Å². The second kappa shape index (κ2) is 5.99. The van der Waals surface area contributed by atoms with Crippen LogP contribution in [0, 0.1) is 0 Å². The van der Waals surface area contributed by atoms with Gasteiger partial charge in [0, 0.05) is 4.88 Å². The minimum Gasteiger partial charge on any atom is -0.376 e. The molecule has 96 valence electrons. The topological polar surface area (TPSA) is 64.3 Å². The van der Waals surface area contributed by atoms with Gasteiger partial charge in [-0.2, -0.15) is 13.2 Å². The number of alkyl halides is 3. The SMILES string of the molecule is NNC(=O)c1ccc(COCCC(F)(F)F)s1. The zero-order valence-electron chi connectivity index (χ0n) is 8.71. The highest BCUT2D eigenvalue weighted by Crippen LogP contribution is 2.20. The molecule has 0 atom stereocenters. The van der Waals surface area contributed by atoms with Crippen LogP contribution in [0.15, 0.2) is 12.1 Å². The van der Waals surface area contributed by atoms with Gasteiger partial charge < -0.3 is 4.74 Å². The van der Waals surface area contributed by atoms with E-state index in [2.05, 4.69) is 0 Å². The molecule has 0 fully saturated rings. The fourth-order valence-electron chi connectivity index (χ4n) is 1.01. The van der Waals surface area contributed by atoms with E-state index in [1.165, 1.54) is 6.07 Å². The van der Waals surface area contributed by atoms with E-state index in [4.69, 9.17) is 10.6 Å². The van der Waals surface area contributed by atoms with Crippen LogP contribution in [0.3, 0.4) is 0 Å². The second-order valence-corrected chi connectivity index (χ2v) is 4.33. The number of nitrogen functional groups attached to an aromatic ring is 1. The van der Waals surface area contributed by atoms with Crippen LogP contribution in [-0.2, 0) is 11.3 Å². The fraction of sp³-hybridized carbons (Fsp3) is 0.444. The summed E-state index contributed by atoms with van der Waals surface area (Å²) >= 11 is 1.13. The van der Waals surface area contributed by atoms with Gasteiger partial charge in [0.25, 0.3) is 5.91 Å². The van der Waals surface area contributed by atoms with E-state index >= 15 is 0 Å². The van der Waals surface area contributed by atoms with Crippen LogP contribution in [0.1, 0.15) is 21.0 Å². The summed E-state index contributed by atoms with van der Waals surface area (Å²) in [5.41, 5.74) is 1.96. The van der Waals surface area contributed by atoms with Crippen LogP contribution in [0.5, 0.6) is 0 Å². The lowest BCUT2D eigenvalue weighted by molar-refractivity contribution is -0.145. The average Bonchev–Trinajstić information content (AvgIpc) is 2.70. The molecule has 1 heterocycles. The number of hydrazine groups is 1. The number of nitrogens with two attached hydrogens (primary N) is 1. The highest BCUT2D eigenvalue weighted by molar-refractivity contribution is 7.14. The van der Waals surface area contributed by atoms with Crippen LogP contribution in [0.4, 0.5) is 13.2 Å². The van der Waals surface area contributed by atoms with Crippen molar-refractivity contribution in [3.8, 4) is 0 Å². The number of ether oxygens (including phenoxy) is 1. The molecule has 17 heavy (non-hydrogen) atoms. The molecule has 0 aliphatic heterocycles. The molecule has 0 radical (unpaired) electrons. The number of hydrogen-bond acceptors (Lipinski definition) is 4. The molecular weight excluding hydrogens is 257 g/mol. The normalized spacial score (nSPS) is 11.5. The van der Waals surface area contributed by atoms with Crippen molar-refractivity contribution in [2.75, 3.05) is 6.61 Å². The van der Waals surface area contributed by atoms with Crippen molar-refractivity contribution < 1.29 is 22.7 Å². The Hall–Kier alpha value is -1.12. The molecule has 0 unspecified atom stereocenters. The third kappa shape index (κ3) is 5.16. The van der Waals surface area contributed by atoms with Gasteiger partial charge in [0.1, 0.15) is 0 Å². The Balaban J connectivity index is 2.33. The maximum atomic E-state index is 11.8. The van der Waals surface area contributed by atoms with Crippen LogP contribution in [-0.4, -0.2) is 18.7 Å². The Labute approximate surface area is 99.5 Å². The molecule has 0 spiro atoms. The zero-order valence-corrected chi connectivity index (χ0v) is 9.53. The first kappa shape index (κ1) is 13.9. The average molecular weight is 268 g/mol. The Bertz CT molecular complexity index is 379. The lowest BCUT2D eigenvalue weighted by Crippen LogP contribution is -2.29. The van der Waals surface area contributed by atoms with Gasteiger partial charge >= 0.3 is 6.18 Å².